The Morgan fingerprint density at radius 1 is 0.833 bits per heavy atom. The molecule has 0 fully saturated rings. The summed E-state index contributed by atoms with van der Waals surface area (Å²) in [6.07, 6.45) is 0. The van der Waals surface area contributed by atoms with Crippen LogP contribution in [0.4, 0.5) is 0 Å². The van der Waals surface area contributed by atoms with E-state index in [0.29, 0.717) is 12.4 Å². The molecule has 0 aromatic heterocycles. The summed E-state index contributed by atoms with van der Waals surface area (Å²) < 4.78 is 10.9. The van der Waals surface area contributed by atoms with Gasteiger partial charge < -0.3 is 14.6 Å². The summed E-state index contributed by atoms with van der Waals surface area (Å²) in [5.74, 6) is 1.92. The molecule has 24 heavy (non-hydrogen) atoms. The second kappa shape index (κ2) is 7.09. The van der Waals surface area contributed by atoms with Crippen molar-refractivity contribution in [2.45, 2.75) is 13.5 Å². The fourth-order valence-electron chi connectivity index (χ4n) is 2.50. The van der Waals surface area contributed by atoms with Gasteiger partial charge in [0, 0.05) is 5.56 Å². The molecule has 0 heterocycles. The Morgan fingerprint density at radius 3 is 2.12 bits per heavy atom. The monoisotopic (exact) mass is 320 g/mol. The molecule has 0 saturated carbocycles. The van der Waals surface area contributed by atoms with E-state index in [0.717, 1.165) is 33.8 Å². The van der Waals surface area contributed by atoms with E-state index in [1.807, 2.05) is 67.6 Å². The predicted molar refractivity (Wildman–Crippen MR) is 95.6 cm³/mol. The molecule has 3 nitrogen and oxygen atoms in total. The quantitative estimate of drug-likeness (QED) is 0.722. The molecule has 3 aromatic carbocycles. The highest BCUT2D eigenvalue weighted by Gasteiger charge is 2.05. The van der Waals surface area contributed by atoms with Crippen LogP contribution in [0.1, 0.15) is 11.1 Å². The van der Waals surface area contributed by atoms with Crippen molar-refractivity contribution in [3.05, 3.63) is 77.9 Å². The number of methoxy groups -OCH3 is 1. The summed E-state index contributed by atoms with van der Waals surface area (Å²) in [5, 5.41) is 10.1. The van der Waals surface area contributed by atoms with E-state index in [-0.39, 0.29) is 0 Å². The van der Waals surface area contributed by atoms with Crippen molar-refractivity contribution in [3.8, 4) is 28.4 Å². The van der Waals surface area contributed by atoms with Gasteiger partial charge in [-0.3, -0.25) is 0 Å². The molecule has 0 atom stereocenters. The average Bonchev–Trinajstić information content (AvgIpc) is 2.61. The van der Waals surface area contributed by atoms with Crippen LogP contribution in [-0.2, 0) is 6.61 Å². The third-order valence-electron chi connectivity index (χ3n) is 3.88. The molecule has 0 spiro atoms. The molecule has 122 valence electrons. The number of phenolic OH excluding ortho intramolecular Hbond substituents is 1. The van der Waals surface area contributed by atoms with E-state index in [4.69, 9.17) is 9.47 Å². The van der Waals surface area contributed by atoms with Gasteiger partial charge in [-0.1, -0.05) is 36.4 Å². The Balaban J connectivity index is 1.67. The highest BCUT2D eigenvalue weighted by atomic mass is 16.5. The lowest BCUT2D eigenvalue weighted by Crippen LogP contribution is -1.95. The fourth-order valence-corrected chi connectivity index (χ4v) is 2.50. The van der Waals surface area contributed by atoms with Crippen molar-refractivity contribution in [2.24, 2.45) is 0 Å². The number of aryl methyl sites for hydroxylation is 1. The van der Waals surface area contributed by atoms with Crippen LogP contribution < -0.4 is 9.47 Å². The van der Waals surface area contributed by atoms with Gasteiger partial charge in [0.05, 0.1) is 7.11 Å². The van der Waals surface area contributed by atoms with E-state index in [9.17, 15) is 5.11 Å². The van der Waals surface area contributed by atoms with Crippen LogP contribution in [0.2, 0.25) is 0 Å². The van der Waals surface area contributed by atoms with Gasteiger partial charge in [-0.05, 0) is 53.9 Å². The second-order valence-corrected chi connectivity index (χ2v) is 5.68. The minimum atomic E-state index is 0.293. The molecule has 0 aliphatic carbocycles. The first-order chi connectivity index (χ1) is 11.7. The molecule has 0 saturated heterocycles. The van der Waals surface area contributed by atoms with Crippen LogP contribution >= 0.6 is 0 Å². The maximum Gasteiger partial charge on any atom is 0.123 e. The van der Waals surface area contributed by atoms with Gasteiger partial charge >= 0.3 is 0 Å². The topological polar surface area (TPSA) is 38.7 Å². The van der Waals surface area contributed by atoms with Crippen LogP contribution in [-0.4, -0.2) is 12.2 Å². The Morgan fingerprint density at radius 2 is 1.50 bits per heavy atom. The number of hydrogen-bond acceptors (Lipinski definition) is 3. The van der Waals surface area contributed by atoms with Gasteiger partial charge in [0.25, 0.3) is 0 Å². The molecule has 0 aliphatic rings. The maximum atomic E-state index is 10.1. The van der Waals surface area contributed by atoms with E-state index in [1.54, 1.807) is 13.2 Å². The van der Waals surface area contributed by atoms with Gasteiger partial charge in [-0.2, -0.15) is 0 Å². The first-order valence-corrected chi connectivity index (χ1v) is 7.81. The molecular weight excluding hydrogens is 300 g/mol. The van der Waals surface area contributed by atoms with E-state index in [2.05, 4.69) is 0 Å². The average molecular weight is 320 g/mol. The van der Waals surface area contributed by atoms with Crippen molar-refractivity contribution in [1.29, 1.82) is 0 Å². The first-order valence-electron chi connectivity index (χ1n) is 7.81. The zero-order chi connectivity index (χ0) is 16.9. The van der Waals surface area contributed by atoms with Crippen molar-refractivity contribution < 1.29 is 14.6 Å². The van der Waals surface area contributed by atoms with Crippen LogP contribution in [0.5, 0.6) is 17.2 Å². The fraction of sp³-hybridized carbons (Fsp3) is 0.143. The summed E-state index contributed by atoms with van der Waals surface area (Å²) in [5.41, 5.74) is 3.90. The summed E-state index contributed by atoms with van der Waals surface area (Å²) >= 11 is 0. The lowest BCUT2D eigenvalue weighted by Gasteiger charge is -2.09. The normalized spacial score (nSPS) is 10.4. The molecule has 0 unspecified atom stereocenters. The van der Waals surface area contributed by atoms with Crippen molar-refractivity contribution in [3.63, 3.8) is 0 Å². The minimum Gasteiger partial charge on any atom is -0.507 e. The maximum absolute atomic E-state index is 10.1. The number of benzene rings is 3. The van der Waals surface area contributed by atoms with E-state index in [1.165, 1.54) is 0 Å². The summed E-state index contributed by atoms with van der Waals surface area (Å²) in [6.45, 7) is 2.46. The van der Waals surface area contributed by atoms with E-state index >= 15 is 0 Å². The standard InChI is InChI=1S/C21H20O3/c1-15-3-12-20(21(22)13-15)17-6-10-19(11-7-17)24-14-16-4-8-18(23-2)9-5-16/h3-13,22H,14H2,1-2H3. The predicted octanol–water partition coefficient (Wildman–Crippen LogP) is 4.96. The number of ether oxygens (including phenoxy) is 2. The number of phenols is 1. The zero-order valence-corrected chi connectivity index (χ0v) is 13.8. The smallest absolute Gasteiger partial charge is 0.123 e. The van der Waals surface area contributed by atoms with Gasteiger partial charge in [0.1, 0.15) is 23.9 Å². The lowest BCUT2D eigenvalue weighted by atomic mass is 10.0. The summed E-state index contributed by atoms with van der Waals surface area (Å²) in [6, 6.07) is 21.2. The molecule has 0 radical (unpaired) electrons. The Kier molecular flexibility index (Phi) is 4.71. The second-order valence-electron chi connectivity index (χ2n) is 5.68. The SMILES string of the molecule is COc1ccc(COc2ccc(-c3ccc(C)cc3O)cc2)cc1. The van der Waals surface area contributed by atoms with Gasteiger partial charge in [-0.25, -0.2) is 0 Å². The molecule has 3 heteroatoms. The molecular formula is C21H20O3. The van der Waals surface area contributed by atoms with Crippen LogP contribution in [0.25, 0.3) is 11.1 Å². The Bertz CT molecular complexity index is 805. The van der Waals surface area contributed by atoms with Crippen molar-refractivity contribution >= 4 is 0 Å². The Hall–Kier alpha value is -2.94. The number of aromatic hydroxyl groups is 1. The highest BCUT2D eigenvalue weighted by molar-refractivity contribution is 5.70. The third-order valence-corrected chi connectivity index (χ3v) is 3.88. The molecule has 3 rings (SSSR count). The molecule has 0 bridgehead atoms. The van der Waals surface area contributed by atoms with E-state index < -0.39 is 0 Å². The van der Waals surface area contributed by atoms with Crippen molar-refractivity contribution in [1.82, 2.24) is 0 Å². The number of rotatable bonds is 5. The van der Waals surface area contributed by atoms with Crippen LogP contribution in [0.3, 0.4) is 0 Å². The first kappa shape index (κ1) is 15.9. The molecule has 0 amide bonds. The largest absolute Gasteiger partial charge is 0.507 e. The van der Waals surface area contributed by atoms with Crippen molar-refractivity contribution in [2.75, 3.05) is 7.11 Å². The van der Waals surface area contributed by atoms with Crippen LogP contribution in [0, 0.1) is 6.92 Å². The molecule has 1 N–H and O–H groups in total. The highest BCUT2D eigenvalue weighted by Crippen LogP contribution is 2.31. The number of hydrogen-bond donors (Lipinski definition) is 1. The lowest BCUT2D eigenvalue weighted by molar-refractivity contribution is 0.306. The zero-order valence-electron chi connectivity index (χ0n) is 13.8. The van der Waals surface area contributed by atoms with Crippen LogP contribution in [0.15, 0.2) is 66.7 Å². The molecule has 0 aliphatic heterocycles. The molecule has 3 aromatic rings. The van der Waals surface area contributed by atoms with Gasteiger partial charge in [0.15, 0.2) is 0 Å². The minimum absolute atomic E-state index is 0.293. The summed E-state index contributed by atoms with van der Waals surface area (Å²) in [4.78, 5) is 0. The summed E-state index contributed by atoms with van der Waals surface area (Å²) in [7, 11) is 1.65. The third kappa shape index (κ3) is 3.69. The Labute approximate surface area is 142 Å². The van der Waals surface area contributed by atoms with Gasteiger partial charge in [0.2, 0.25) is 0 Å². The van der Waals surface area contributed by atoms with Gasteiger partial charge in [-0.15, -0.1) is 0 Å².